The van der Waals surface area contributed by atoms with Gasteiger partial charge in [0.2, 0.25) is 0 Å². The number of benzene rings is 3. The summed E-state index contributed by atoms with van der Waals surface area (Å²) in [5, 5.41) is 20.7. The number of hydrogen-bond donors (Lipinski definition) is 2. The van der Waals surface area contributed by atoms with Gasteiger partial charge in [-0.3, -0.25) is 9.59 Å². The van der Waals surface area contributed by atoms with Gasteiger partial charge in [0.15, 0.2) is 0 Å². The van der Waals surface area contributed by atoms with Gasteiger partial charge >= 0.3 is 5.97 Å². The van der Waals surface area contributed by atoms with Gasteiger partial charge in [-0.25, -0.2) is 0 Å². The molecule has 3 rings (SSSR count). The van der Waals surface area contributed by atoms with Crippen molar-refractivity contribution >= 4 is 23.4 Å². The number of carboxylic acid groups (broad SMARTS) is 1. The molecule has 0 saturated heterocycles. The summed E-state index contributed by atoms with van der Waals surface area (Å²) in [4.78, 5) is 24.1. The van der Waals surface area contributed by atoms with Crippen LogP contribution in [0.15, 0.2) is 78.9 Å². The topological polar surface area (TPSA) is 74.6 Å². The molecular formula is C25H23ClO4. The maximum Gasteiger partial charge on any atom is 0.314 e. The molecule has 2 unspecified atom stereocenters. The van der Waals surface area contributed by atoms with Crippen molar-refractivity contribution in [1.82, 2.24) is 0 Å². The van der Waals surface area contributed by atoms with Crippen LogP contribution in [0.2, 0.25) is 5.02 Å². The molecule has 5 heteroatoms. The van der Waals surface area contributed by atoms with Crippen LogP contribution in [0, 0.1) is 5.92 Å². The number of carbonyl (C=O) groups is 2. The molecule has 0 radical (unpaired) electrons. The van der Waals surface area contributed by atoms with Crippen molar-refractivity contribution in [3.8, 4) is 11.1 Å². The summed E-state index contributed by atoms with van der Waals surface area (Å²) in [5.41, 5.74) is 3.50. The lowest BCUT2D eigenvalue weighted by molar-refractivity contribution is -0.147. The van der Waals surface area contributed by atoms with Crippen molar-refractivity contribution in [2.45, 2.75) is 25.4 Å². The SMILES string of the molecule is O=C(O)C(CC(O)c1ccc(-c2ccc(Cl)cc2)cc1)C(=O)CCc1ccccc1. The first-order valence-electron chi connectivity index (χ1n) is 9.77. The second kappa shape index (κ2) is 10.2. The number of carbonyl (C=O) groups excluding carboxylic acids is 1. The molecule has 0 aromatic heterocycles. The molecule has 0 aliphatic carbocycles. The van der Waals surface area contributed by atoms with Crippen molar-refractivity contribution in [3.63, 3.8) is 0 Å². The Morgan fingerprint density at radius 1 is 0.833 bits per heavy atom. The highest BCUT2D eigenvalue weighted by Gasteiger charge is 2.29. The minimum Gasteiger partial charge on any atom is -0.481 e. The van der Waals surface area contributed by atoms with Crippen LogP contribution in [0.3, 0.4) is 0 Å². The van der Waals surface area contributed by atoms with Crippen LogP contribution in [0.25, 0.3) is 11.1 Å². The van der Waals surface area contributed by atoms with Crippen LogP contribution in [0.1, 0.15) is 30.1 Å². The Morgan fingerprint density at radius 3 is 1.97 bits per heavy atom. The number of rotatable bonds is 9. The Hall–Kier alpha value is -2.95. The number of carboxylic acids is 1. The fourth-order valence-corrected chi connectivity index (χ4v) is 3.48. The standard InChI is InChI=1S/C25H23ClO4/c26-21-13-11-19(12-14-21)18-7-9-20(10-8-18)24(28)16-22(25(29)30)23(27)15-6-17-4-2-1-3-5-17/h1-5,7-14,22,24,28H,6,15-16H2,(H,29,30). The summed E-state index contributed by atoms with van der Waals surface area (Å²) in [6.07, 6.45) is -0.576. The van der Waals surface area contributed by atoms with E-state index in [0.717, 1.165) is 16.7 Å². The first kappa shape index (κ1) is 21.8. The molecule has 0 aliphatic rings. The second-order valence-corrected chi connectivity index (χ2v) is 7.66. The molecular weight excluding hydrogens is 400 g/mol. The van der Waals surface area contributed by atoms with Gasteiger partial charge in [0, 0.05) is 11.4 Å². The van der Waals surface area contributed by atoms with Gasteiger partial charge in [0.25, 0.3) is 0 Å². The molecule has 3 aromatic rings. The average molecular weight is 423 g/mol. The Balaban J connectivity index is 1.64. The Kier molecular flexibility index (Phi) is 7.39. The molecule has 0 amide bonds. The summed E-state index contributed by atoms with van der Waals surface area (Å²) in [6, 6.07) is 24.1. The van der Waals surface area contributed by atoms with Crippen molar-refractivity contribution in [2.24, 2.45) is 5.92 Å². The average Bonchev–Trinajstić information content (AvgIpc) is 2.77. The third kappa shape index (κ3) is 5.78. The molecule has 0 aliphatic heterocycles. The minimum atomic E-state index is -1.24. The zero-order valence-corrected chi connectivity index (χ0v) is 17.1. The molecule has 154 valence electrons. The molecule has 2 N–H and O–H groups in total. The monoisotopic (exact) mass is 422 g/mol. The number of aliphatic carboxylic acids is 1. The van der Waals surface area contributed by atoms with Crippen LogP contribution in [-0.2, 0) is 16.0 Å². The lowest BCUT2D eigenvalue weighted by Gasteiger charge is -2.17. The van der Waals surface area contributed by atoms with E-state index in [9.17, 15) is 19.8 Å². The molecule has 0 saturated carbocycles. The summed E-state index contributed by atoms with van der Waals surface area (Å²) >= 11 is 5.91. The molecule has 2 atom stereocenters. The minimum absolute atomic E-state index is 0.128. The van der Waals surface area contributed by atoms with Gasteiger partial charge in [0.05, 0.1) is 6.10 Å². The van der Waals surface area contributed by atoms with Crippen LogP contribution < -0.4 is 0 Å². The van der Waals surface area contributed by atoms with Crippen LogP contribution in [0.5, 0.6) is 0 Å². The second-order valence-electron chi connectivity index (χ2n) is 7.22. The van der Waals surface area contributed by atoms with Gasteiger partial charge in [-0.15, -0.1) is 0 Å². The van der Waals surface area contributed by atoms with E-state index >= 15 is 0 Å². The number of ketones is 1. The number of halogens is 1. The Bertz CT molecular complexity index is 982. The highest BCUT2D eigenvalue weighted by Crippen LogP contribution is 2.27. The number of aliphatic hydroxyl groups is 1. The van der Waals surface area contributed by atoms with E-state index in [4.69, 9.17) is 11.6 Å². The largest absolute Gasteiger partial charge is 0.481 e. The van der Waals surface area contributed by atoms with E-state index in [-0.39, 0.29) is 18.6 Å². The highest BCUT2D eigenvalue weighted by molar-refractivity contribution is 6.30. The van der Waals surface area contributed by atoms with Gasteiger partial charge in [-0.2, -0.15) is 0 Å². The smallest absolute Gasteiger partial charge is 0.314 e. The maximum atomic E-state index is 12.5. The maximum absolute atomic E-state index is 12.5. The van der Waals surface area contributed by atoms with Gasteiger partial charge in [0.1, 0.15) is 11.7 Å². The number of Topliss-reactive ketones (excluding diaryl/α,β-unsaturated/α-hetero) is 1. The van der Waals surface area contributed by atoms with Crippen LogP contribution in [-0.4, -0.2) is 22.0 Å². The Morgan fingerprint density at radius 2 is 1.40 bits per heavy atom. The van der Waals surface area contributed by atoms with E-state index in [2.05, 4.69) is 0 Å². The molecule has 4 nitrogen and oxygen atoms in total. The lowest BCUT2D eigenvalue weighted by Crippen LogP contribution is -2.26. The lowest BCUT2D eigenvalue weighted by atomic mass is 9.90. The quantitative estimate of drug-likeness (QED) is 0.457. The molecule has 0 bridgehead atoms. The van der Waals surface area contributed by atoms with Gasteiger partial charge in [-0.1, -0.05) is 78.3 Å². The predicted molar refractivity (Wildman–Crippen MR) is 117 cm³/mol. The van der Waals surface area contributed by atoms with E-state index in [1.54, 1.807) is 24.3 Å². The zero-order valence-electron chi connectivity index (χ0n) is 16.4. The summed E-state index contributed by atoms with van der Waals surface area (Å²) in [6.45, 7) is 0. The molecule has 0 spiro atoms. The van der Waals surface area contributed by atoms with E-state index < -0.39 is 18.0 Å². The number of aryl methyl sites for hydroxylation is 1. The summed E-state index contributed by atoms with van der Waals surface area (Å²) < 4.78 is 0. The third-order valence-corrected chi connectivity index (χ3v) is 5.37. The normalized spacial score (nSPS) is 12.9. The van der Waals surface area contributed by atoms with Crippen molar-refractivity contribution in [2.75, 3.05) is 0 Å². The fourth-order valence-electron chi connectivity index (χ4n) is 3.36. The van der Waals surface area contributed by atoms with Crippen molar-refractivity contribution in [1.29, 1.82) is 0 Å². The summed E-state index contributed by atoms with van der Waals surface area (Å²) in [7, 11) is 0. The van der Waals surface area contributed by atoms with Crippen LogP contribution >= 0.6 is 11.6 Å². The number of aliphatic hydroxyl groups excluding tert-OH is 1. The first-order valence-corrected chi connectivity index (χ1v) is 10.2. The molecule has 0 fully saturated rings. The van der Waals surface area contributed by atoms with E-state index in [1.165, 1.54) is 0 Å². The van der Waals surface area contributed by atoms with Gasteiger partial charge < -0.3 is 10.2 Å². The zero-order chi connectivity index (χ0) is 21.5. The number of hydrogen-bond acceptors (Lipinski definition) is 3. The molecule has 3 aromatic carbocycles. The third-order valence-electron chi connectivity index (χ3n) is 5.12. The van der Waals surface area contributed by atoms with Crippen LogP contribution in [0.4, 0.5) is 0 Å². The fraction of sp³-hybridized carbons (Fsp3) is 0.200. The first-order chi connectivity index (χ1) is 14.4. The van der Waals surface area contributed by atoms with Crippen molar-refractivity contribution in [3.05, 3.63) is 95.0 Å². The van der Waals surface area contributed by atoms with Gasteiger partial charge in [-0.05, 0) is 47.2 Å². The Labute approximate surface area is 180 Å². The predicted octanol–water partition coefficient (Wildman–Crippen LogP) is 5.33. The van der Waals surface area contributed by atoms with E-state index in [0.29, 0.717) is 17.0 Å². The highest BCUT2D eigenvalue weighted by atomic mass is 35.5. The molecule has 0 heterocycles. The molecule has 30 heavy (non-hydrogen) atoms. The summed E-state index contributed by atoms with van der Waals surface area (Å²) in [5.74, 6) is -2.81. The van der Waals surface area contributed by atoms with E-state index in [1.807, 2.05) is 54.6 Å². The van der Waals surface area contributed by atoms with Crippen molar-refractivity contribution < 1.29 is 19.8 Å².